The van der Waals surface area contributed by atoms with Crippen molar-refractivity contribution < 1.29 is 19.5 Å². The second-order valence-electron chi connectivity index (χ2n) is 8.81. The maximum absolute atomic E-state index is 12.8. The van der Waals surface area contributed by atoms with Gasteiger partial charge in [0.1, 0.15) is 6.04 Å². The molecule has 2 heterocycles. The van der Waals surface area contributed by atoms with Crippen molar-refractivity contribution in [3.05, 3.63) is 34.9 Å². The van der Waals surface area contributed by atoms with E-state index in [9.17, 15) is 19.5 Å². The van der Waals surface area contributed by atoms with Crippen LogP contribution in [-0.2, 0) is 22.7 Å². The highest BCUT2D eigenvalue weighted by Gasteiger charge is 2.39. The summed E-state index contributed by atoms with van der Waals surface area (Å²) in [4.78, 5) is 37.9. The van der Waals surface area contributed by atoms with E-state index >= 15 is 0 Å². The molecule has 0 spiro atoms. The van der Waals surface area contributed by atoms with Gasteiger partial charge in [0.15, 0.2) is 0 Å². The van der Waals surface area contributed by atoms with Crippen LogP contribution in [0.15, 0.2) is 18.2 Å². The van der Waals surface area contributed by atoms with E-state index < -0.39 is 6.04 Å². The fourth-order valence-corrected chi connectivity index (χ4v) is 4.92. The summed E-state index contributed by atoms with van der Waals surface area (Å²) in [6.45, 7) is 2.13. The van der Waals surface area contributed by atoms with Crippen LogP contribution >= 0.6 is 0 Å². The fraction of sp³-hybridized carbons (Fsp3) is 0.591. The molecule has 4 atom stereocenters. The van der Waals surface area contributed by atoms with E-state index in [0.29, 0.717) is 36.9 Å². The van der Waals surface area contributed by atoms with Gasteiger partial charge in [0, 0.05) is 37.7 Å². The molecule has 2 aliphatic heterocycles. The quantitative estimate of drug-likeness (QED) is 0.496. The molecule has 4 rings (SSSR count). The van der Waals surface area contributed by atoms with Crippen LogP contribution in [0.4, 0.5) is 0 Å². The lowest BCUT2D eigenvalue weighted by molar-refractivity contribution is -0.136. The largest absolute Gasteiger partial charge is 0.396 e. The predicted octanol–water partition coefficient (Wildman–Crippen LogP) is 0.273. The zero-order chi connectivity index (χ0) is 21.3. The molecule has 0 bridgehead atoms. The lowest BCUT2D eigenvalue weighted by Gasteiger charge is -2.33. The average molecular weight is 415 g/mol. The summed E-state index contributed by atoms with van der Waals surface area (Å²) < 4.78 is 0. The number of amides is 3. The van der Waals surface area contributed by atoms with Gasteiger partial charge in [-0.2, -0.15) is 0 Å². The number of hydrogen-bond acceptors (Lipinski definition) is 6. The summed E-state index contributed by atoms with van der Waals surface area (Å²) in [5.41, 5.74) is 8.91. The molecule has 3 amide bonds. The maximum atomic E-state index is 12.8. The Bertz CT molecular complexity index is 842. The smallest absolute Gasteiger partial charge is 0.255 e. The summed E-state index contributed by atoms with van der Waals surface area (Å²) in [7, 11) is 0. The highest BCUT2D eigenvalue weighted by atomic mass is 16.3. The number of aliphatic hydroxyl groups is 1. The van der Waals surface area contributed by atoms with Crippen molar-refractivity contribution in [1.29, 1.82) is 0 Å². The third kappa shape index (κ3) is 4.26. The Morgan fingerprint density at radius 2 is 2.03 bits per heavy atom. The molecule has 5 N–H and O–H groups in total. The number of aliphatic hydroxyl groups excluding tert-OH is 1. The van der Waals surface area contributed by atoms with Gasteiger partial charge < -0.3 is 21.1 Å². The number of nitrogens with two attached hydrogens (primary N) is 1. The number of nitrogens with zero attached hydrogens (tertiary/aromatic N) is 1. The van der Waals surface area contributed by atoms with Crippen molar-refractivity contribution in [2.45, 2.75) is 57.3 Å². The van der Waals surface area contributed by atoms with E-state index in [1.54, 1.807) is 4.90 Å². The number of nitrogens with one attached hydrogen (secondary N) is 2. The molecular formula is C22H30N4O4. The summed E-state index contributed by atoms with van der Waals surface area (Å²) >= 11 is 0. The fourth-order valence-electron chi connectivity index (χ4n) is 4.92. The standard InChI is InChI=1S/C22H30N4O4/c23-18-8-14(12-27)1-3-15(18)10-24-9-13-2-4-17-16(7-13)11-26(22(17)30)19-5-6-20(28)25-21(19)29/h2,4,7,14-15,18-19,24,27H,1,3,5-6,8-12,23H2,(H,25,28,29)/t14-,15-,18-,19?/m1/s1. The molecule has 1 saturated carbocycles. The number of hydrogen-bond donors (Lipinski definition) is 4. The summed E-state index contributed by atoms with van der Waals surface area (Å²) in [6.07, 6.45) is 3.55. The Hall–Kier alpha value is -2.29. The lowest BCUT2D eigenvalue weighted by atomic mass is 9.79. The van der Waals surface area contributed by atoms with Crippen molar-refractivity contribution in [1.82, 2.24) is 15.5 Å². The van der Waals surface area contributed by atoms with Crippen molar-refractivity contribution >= 4 is 17.7 Å². The first-order valence-corrected chi connectivity index (χ1v) is 10.8. The van der Waals surface area contributed by atoms with E-state index in [1.165, 1.54) is 0 Å². The number of rotatable bonds is 6. The van der Waals surface area contributed by atoms with Gasteiger partial charge in [-0.1, -0.05) is 12.1 Å². The molecule has 1 aromatic carbocycles. The Labute approximate surface area is 176 Å². The van der Waals surface area contributed by atoms with Crippen LogP contribution in [0.2, 0.25) is 0 Å². The van der Waals surface area contributed by atoms with Crippen LogP contribution < -0.4 is 16.4 Å². The number of carbonyl (C=O) groups is 3. The molecule has 0 radical (unpaired) electrons. The van der Waals surface area contributed by atoms with Crippen LogP contribution in [0.3, 0.4) is 0 Å². The second-order valence-corrected chi connectivity index (χ2v) is 8.81. The van der Waals surface area contributed by atoms with Gasteiger partial charge in [0.05, 0.1) is 0 Å². The molecule has 3 aliphatic rings. The monoisotopic (exact) mass is 414 g/mol. The maximum Gasteiger partial charge on any atom is 0.255 e. The highest BCUT2D eigenvalue weighted by Crippen LogP contribution is 2.29. The number of fused-ring (bicyclic) bond motifs is 1. The molecule has 8 heteroatoms. The zero-order valence-electron chi connectivity index (χ0n) is 17.1. The SMILES string of the molecule is N[C@@H]1C[C@H](CO)CC[C@@H]1CNCc1ccc2c(c1)CN(C1CCC(=O)NC1=O)C2=O. The minimum atomic E-state index is -0.584. The zero-order valence-corrected chi connectivity index (χ0v) is 17.1. The van der Waals surface area contributed by atoms with E-state index in [-0.39, 0.29) is 36.8 Å². The summed E-state index contributed by atoms with van der Waals surface area (Å²) in [6, 6.07) is 5.33. The first kappa shape index (κ1) is 21.0. The predicted molar refractivity (Wildman–Crippen MR) is 110 cm³/mol. The molecule has 2 fully saturated rings. The lowest BCUT2D eigenvalue weighted by Crippen LogP contribution is -2.52. The van der Waals surface area contributed by atoms with E-state index in [4.69, 9.17) is 5.73 Å². The molecule has 1 saturated heterocycles. The number of imide groups is 1. The Morgan fingerprint density at radius 3 is 2.77 bits per heavy atom. The normalized spacial score (nSPS) is 29.1. The first-order valence-electron chi connectivity index (χ1n) is 10.8. The number of carbonyl (C=O) groups excluding carboxylic acids is 3. The van der Waals surface area contributed by atoms with E-state index in [2.05, 4.69) is 10.6 Å². The molecule has 1 aromatic rings. The minimum Gasteiger partial charge on any atom is -0.396 e. The molecule has 0 aromatic heterocycles. The number of piperidine rings is 1. The minimum absolute atomic E-state index is 0.114. The topological polar surface area (TPSA) is 125 Å². The summed E-state index contributed by atoms with van der Waals surface area (Å²) in [5, 5.41) is 15.1. The van der Waals surface area contributed by atoms with Crippen LogP contribution in [0.25, 0.3) is 0 Å². The third-order valence-electron chi connectivity index (χ3n) is 6.74. The Balaban J connectivity index is 1.33. The second kappa shape index (κ2) is 8.83. The van der Waals surface area contributed by atoms with Gasteiger partial charge in [0.25, 0.3) is 5.91 Å². The molecule has 1 unspecified atom stereocenters. The first-order chi connectivity index (χ1) is 14.5. The van der Waals surface area contributed by atoms with Crippen LogP contribution in [0, 0.1) is 11.8 Å². The van der Waals surface area contributed by atoms with Gasteiger partial charge in [-0.05, 0) is 61.3 Å². The Kier molecular flexibility index (Phi) is 6.17. The van der Waals surface area contributed by atoms with Crippen molar-refractivity contribution in [3.63, 3.8) is 0 Å². The molecule has 162 valence electrons. The van der Waals surface area contributed by atoms with Crippen LogP contribution in [0.1, 0.15) is 53.6 Å². The van der Waals surface area contributed by atoms with E-state index in [1.807, 2.05) is 18.2 Å². The van der Waals surface area contributed by atoms with Crippen molar-refractivity contribution in [2.75, 3.05) is 13.2 Å². The Morgan fingerprint density at radius 1 is 1.20 bits per heavy atom. The average Bonchev–Trinajstić information content (AvgIpc) is 3.05. The van der Waals surface area contributed by atoms with Crippen molar-refractivity contribution in [3.8, 4) is 0 Å². The van der Waals surface area contributed by atoms with E-state index in [0.717, 1.165) is 36.9 Å². The summed E-state index contributed by atoms with van der Waals surface area (Å²) in [5.74, 6) is -0.0739. The third-order valence-corrected chi connectivity index (χ3v) is 6.74. The molecule has 30 heavy (non-hydrogen) atoms. The van der Waals surface area contributed by atoms with Crippen LogP contribution in [0.5, 0.6) is 0 Å². The van der Waals surface area contributed by atoms with Gasteiger partial charge in [0.2, 0.25) is 11.8 Å². The number of benzene rings is 1. The molecular weight excluding hydrogens is 384 g/mol. The van der Waals surface area contributed by atoms with Crippen molar-refractivity contribution in [2.24, 2.45) is 17.6 Å². The van der Waals surface area contributed by atoms with Gasteiger partial charge in [-0.15, -0.1) is 0 Å². The highest BCUT2D eigenvalue weighted by molar-refractivity contribution is 6.05. The van der Waals surface area contributed by atoms with Gasteiger partial charge in [-0.3, -0.25) is 19.7 Å². The van der Waals surface area contributed by atoms with Gasteiger partial charge in [-0.25, -0.2) is 0 Å². The molecule has 8 nitrogen and oxygen atoms in total. The molecule has 1 aliphatic carbocycles. The van der Waals surface area contributed by atoms with Crippen LogP contribution in [-0.4, -0.2) is 53.0 Å². The van der Waals surface area contributed by atoms with Gasteiger partial charge >= 0.3 is 0 Å².